The predicted octanol–water partition coefficient (Wildman–Crippen LogP) is 2.49. The van der Waals surface area contributed by atoms with Crippen LogP contribution in [-0.4, -0.2) is 43.5 Å². The number of carbonyl (C=O) groups excluding carboxylic acids is 1. The maximum absolute atomic E-state index is 12.5. The molecular weight excluding hydrogens is 262 g/mol. The highest BCUT2D eigenvalue weighted by atomic mass is 16.2. The van der Waals surface area contributed by atoms with E-state index in [4.69, 9.17) is 5.73 Å². The van der Waals surface area contributed by atoms with Gasteiger partial charge in [-0.15, -0.1) is 0 Å². The first-order chi connectivity index (χ1) is 10.2. The van der Waals surface area contributed by atoms with Gasteiger partial charge in [-0.3, -0.25) is 4.79 Å². The Bertz CT molecular complexity index is 458. The summed E-state index contributed by atoms with van der Waals surface area (Å²) in [6.07, 6.45) is 4.46. The van der Waals surface area contributed by atoms with Crippen molar-refractivity contribution >= 4 is 11.6 Å². The summed E-state index contributed by atoms with van der Waals surface area (Å²) in [7, 11) is 2.09. The standard InChI is InChI=1S/C17H27N3O/c1-3-4-11-19(2)15-9-7-14(8-10-15)17(21)20-12-5-6-16(20)13-18/h7-10,16H,3-6,11-13,18H2,1-2H3. The molecule has 1 fully saturated rings. The number of amides is 1. The topological polar surface area (TPSA) is 49.6 Å². The Morgan fingerprint density at radius 1 is 1.38 bits per heavy atom. The van der Waals surface area contributed by atoms with E-state index in [1.807, 2.05) is 29.2 Å². The van der Waals surface area contributed by atoms with E-state index >= 15 is 0 Å². The number of nitrogens with two attached hydrogens (primary N) is 1. The summed E-state index contributed by atoms with van der Waals surface area (Å²) in [6, 6.07) is 8.16. The monoisotopic (exact) mass is 289 g/mol. The minimum atomic E-state index is 0.116. The van der Waals surface area contributed by atoms with Gasteiger partial charge in [0, 0.05) is 44.0 Å². The van der Waals surface area contributed by atoms with Crippen LogP contribution in [0.2, 0.25) is 0 Å². The molecule has 2 rings (SSSR count). The Morgan fingerprint density at radius 3 is 2.71 bits per heavy atom. The lowest BCUT2D eigenvalue weighted by Gasteiger charge is -2.24. The molecule has 0 spiro atoms. The molecule has 0 saturated carbocycles. The number of nitrogens with zero attached hydrogens (tertiary/aromatic N) is 2. The summed E-state index contributed by atoms with van der Waals surface area (Å²) in [4.78, 5) is 16.7. The third-order valence-electron chi connectivity index (χ3n) is 4.31. The van der Waals surface area contributed by atoms with E-state index in [0.29, 0.717) is 6.54 Å². The van der Waals surface area contributed by atoms with Crippen molar-refractivity contribution in [3.8, 4) is 0 Å². The maximum Gasteiger partial charge on any atom is 0.254 e. The Morgan fingerprint density at radius 2 is 2.10 bits per heavy atom. The average Bonchev–Trinajstić information content (AvgIpc) is 3.00. The van der Waals surface area contributed by atoms with Crippen molar-refractivity contribution in [3.05, 3.63) is 29.8 Å². The molecule has 1 aromatic carbocycles. The highest BCUT2D eigenvalue weighted by Crippen LogP contribution is 2.21. The molecule has 1 heterocycles. The first-order valence-corrected chi connectivity index (χ1v) is 7.99. The lowest BCUT2D eigenvalue weighted by atomic mass is 10.1. The molecule has 21 heavy (non-hydrogen) atoms. The minimum absolute atomic E-state index is 0.116. The molecule has 116 valence electrons. The predicted molar refractivity (Wildman–Crippen MR) is 87.7 cm³/mol. The van der Waals surface area contributed by atoms with Crippen LogP contribution in [0.1, 0.15) is 43.0 Å². The summed E-state index contributed by atoms with van der Waals surface area (Å²) in [6.45, 7) is 4.63. The van der Waals surface area contributed by atoms with Crippen LogP contribution in [0.15, 0.2) is 24.3 Å². The van der Waals surface area contributed by atoms with Gasteiger partial charge in [0.25, 0.3) is 5.91 Å². The van der Waals surface area contributed by atoms with E-state index in [1.165, 1.54) is 12.8 Å². The molecule has 1 amide bonds. The molecular formula is C17H27N3O. The van der Waals surface area contributed by atoms with Crippen LogP contribution in [0.3, 0.4) is 0 Å². The summed E-state index contributed by atoms with van der Waals surface area (Å²) in [5, 5.41) is 0. The highest BCUT2D eigenvalue weighted by molar-refractivity contribution is 5.95. The Labute approximate surface area is 127 Å². The first-order valence-electron chi connectivity index (χ1n) is 7.99. The van der Waals surface area contributed by atoms with Crippen LogP contribution in [0, 0.1) is 0 Å². The van der Waals surface area contributed by atoms with E-state index in [-0.39, 0.29) is 11.9 Å². The van der Waals surface area contributed by atoms with Crippen LogP contribution in [0.5, 0.6) is 0 Å². The van der Waals surface area contributed by atoms with Gasteiger partial charge in [-0.2, -0.15) is 0 Å². The molecule has 1 aliphatic rings. The average molecular weight is 289 g/mol. The van der Waals surface area contributed by atoms with Crippen molar-refractivity contribution < 1.29 is 4.79 Å². The number of likely N-dealkylation sites (tertiary alicyclic amines) is 1. The largest absolute Gasteiger partial charge is 0.375 e. The van der Waals surface area contributed by atoms with Gasteiger partial charge < -0.3 is 15.5 Å². The van der Waals surface area contributed by atoms with Crippen LogP contribution in [0.25, 0.3) is 0 Å². The SMILES string of the molecule is CCCCN(C)c1ccc(C(=O)N2CCCC2CN)cc1. The first kappa shape index (κ1) is 15.8. The van der Waals surface area contributed by atoms with Gasteiger partial charge in [-0.25, -0.2) is 0 Å². The number of anilines is 1. The maximum atomic E-state index is 12.5. The van der Waals surface area contributed by atoms with Crippen LogP contribution in [0.4, 0.5) is 5.69 Å². The third kappa shape index (κ3) is 3.76. The quantitative estimate of drug-likeness (QED) is 0.875. The summed E-state index contributed by atoms with van der Waals surface area (Å²) < 4.78 is 0. The fourth-order valence-electron chi connectivity index (χ4n) is 2.90. The van der Waals surface area contributed by atoms with Gasteiger partial charge in [0.1, 0.15) is 0 Å². The minimum Gasteiger partial charge on any atom is -0.375 e. The fraction of sp³-hybridized carbons (Fsp3) is 0.588. The summed E-state index contributed by atoms with van der Waals surface area (Å²) in [5.41, 5.74) is 7.68. The second-order valence-corrected chi connectivity index (χ2v) is 5.85. The number of hydrogen-bond donors (Lipinski definition) is 1. The molecule has 1 saturated heterocycles. The smallest absolute Gasteiger partial charge is 0.254 e. The molecule has 1 aromatic rings. The van der Waals surface area contributed by atoms with E-state index in [9.17, 15) is 4.79 Å². The second-order valence-electron chi connectivity index (χ2n) is 5.85. The van der Waals surface area contributed by atoms with Gasteiger partial charge >= 0.3 is 0 Å². The molecule has 2 N–H and O–H groups in total. The van der Waals surface area contributed by atoms with Crippen LogP contribution >= 0.6 is 0 Å². The Kier molecular flexibility index (Phi) is 5.62. The van der Waals surface area contributed by atoms with Gasteiger partial charge in [0.2, 0.25) is 0 Å². The summed E-state index contributed by atoms with van der Waals surface area (Å²) >= 11 is 0. The zero-order valence-electron chi connectivity index (χ0n) is 13.2. The zero-order chi connectivity index (χ0) is 15.2. The summed E-state index contributed by atoms with van der Waals surface area (Å²) in [5.74, 6) is 0.116. The molecule has 0 radical (unpaired) electrons. The van der Waals surface area contributed by atoms with E-state index in [1.54, 1.807) is 0 Å². The number of carbonyl (C=O) groups is 1. The van der Waals surface area contributed by atoms with Crippen molar-refractivity contribution in [1.29, 1.82) is 0 Å². The molecule has 4 nitrogen and oxygen atoms in total. The van der Waals surface area contributed by atoms with Crippen LogP contribution < -0.4 is 10.6 Å². The number of unbranched alkanes of at least 4 members (excludes halogenated alkanes) is 1. The zero-order valence-corrected chi connectivity index (χ0v) is 13.2. The fourth-order valence-corrected chi connectivity index (χ4v) is 2.90. The van der Waals surface area contributed by atoms with E-state index in [0.717, 1.165) is 37.2 Å². The highest BCUT2D eigenvalue weighted by Gasteiger charge is 2.28. The second kappa shape index (κ2) is 7.46. The van der Waals surface area contributed by atoms with Crippen molar-refractivity contribution in [1.82, 2.24) is 4.90 Å². The van der Waals surface area contributed by atoms with Gasteiger partial charge in [-0.1, -0.05) is 13.3 Å². The van der Waals surface area contributed by atoms with E-state index < -0.39 is 0 Å². The van der Waals surface area contributed by atoms with Crippen LogP contribution in [-0.2, 0) is 0 Å². The molecule has 1 aliphatic heterocycles. The van der Waals surface area contributed by atoms with Crippen molar-refractivity contribution in [2.75, 3.05) is 31.6 Å². The molecule has 4 heteroatoms. The normalized spacial score (nSPS) is 18.0. The van der Waals surface area contributed by atoms with Gasteiger partial charge in [-0.05, 0) is 43.5 Å². The third-order valence-corrected chi connectivity index (χ3v) is 4.31. The number of rotatable bonds is 6. The van der Waals surface area contributed by atoms with Crippen molar-refractivity contribution in [2.45, 2.75) is 38.6 Å². The number of hydrogen-bond acceptors (Lipinski definition) is 3. The Hall–Kier alpha value is -1.55. The number of benzene rings is 1. The van der Waals surface area contributed by atoms with Gasteiger partial charge in [0.05, 0.1) is 0 Å². The molecule has 0 bridgehead atoms. The molecule has 0 aromatic heterocycles. The Balaban J connectivity index is 2.03. The molecule has 0 aliphatic carbocycles. The van der Waals surface area contributed by atoms with Crippen molar-refractivity contribution in [3.63, 3.8) is 0 Å². The lowest BCUT2D eigenvalue weighted by Crippen LogP contribution is -2.39. The molecule has 1 atom stereocenters. The molecule has 1 unspecified atom stereocenters. The van der Waals surface area contributed by atoms with E-state index in [2.05, 4.69) is 18.9 Å². The van der Waals surface area contributed by atoms with Crippen molar-refractivity contribution in [2.24, 2.45) is 5.73 Å². The lowest BCUT2D eigenvalue weighted by molar-refractivity contribution is 0.0741. The van der Waals surface area contributed by atoms with Gasteiger partial charge in [0.15, 0.2) is 0 Å².